The van der Waals surface area contributed by atoms with Crippen molar-refractivity contribution in [1.29, 1.82) is 0 Å². The van der Waals surface area contributed by atoms with Gasteiger partial charge in [-0.25, -0.2) is 9.50 Å². The van der Waals surface area contributed by atoms with E-state index in [-0.39, 0.29) is 5.91 Å². The van der Waals surface area contributed by atoms with Crippen LogP contribution < -0.4 is 15.5 Å². The van der Waals surface area contributed by atoms with Crippen LogP contribution in [0.5, 0.6) is 0 Å². The van der Waals surface area contributed by atoms with E-state index in [2.05, 4.69) is 40.8 Å². The number of benzene rings is 1. The van der Waals surface area contributed by atoms with E-state index in [0.717, 1.165) is 35.0 Å². The highest BCUT2D eigenvalue weighted by molar-refractivity contribution is 6.06. The Balaban J connectivity index is 1.31. The molecule has 30 heavy (non-hydrogen) atoms. The molecule has 2 aliphatic heterocycles. The Morgan fingerprint density at radius 1 is 1.23 bits per heavy atom. The van der Waals surface area contributed by atoms with Gasteiger partial charge in [0.2, 0.25) is 11.9 Å². The minimum atomic E-state index is -0.528. The highest BCUT2D eigenvalue weighted by Crippen LogP contribution is 2.39. The number of anilines is 4. The molecule has 4 aromatic rings. The largest absolute Gasteiger partial charge is 0.343 e. The van der Waals surface area contributed by atoms with Crippen molar-refractivity contribution in [2.24, 2.45) is 0 Å². The lowest BCUT2D eigenvalue weighted by Crippen LogP contribution is -2.26. The zero-order valence-corrected chi connectivity index (χ0v) is 16.5. The number of aromatic nitrogens is 6. The quantitative estimate of drug-likeness (QED) is 0.482. The Morgan fingerprint density at radius 2 is 2.13 bits per heavy atom. The number of nitrogens with one attached hydrogen (secondary N) is 3. The summed E-state index contributed by atoms with van der Waals surface area (Å²) in [7, 11) is 0. The highest BCUT2D eigenvalue weighted by atomic mass is 16.2. The fourth-order valence-electron chi connectivity index (χ4n) is 4.09. The lowest BCUT2D eigenvalue weighted by Gasteiger charge is -2.16. The van der Waals surface area contributed by atoms with Crippen molar-refractivity contribution in [2.75, 3.05) is 15.5 Å². The first-order valence-electron chi connectivity index (χ1n) is 9.69. The highest BCUT2D eigenvalue weighted by Gasteiger charge is 2.38. The number of nitrogens with zero attached hydrogens (tertiary/aromatic N) is 6. The molecule has 1 amide bonds. The van der Waals surface area contributed by atoms with Crippen LogP contribution in [0.25, 0.3) is 5.65 Å². The second-order valence-corrected chi connectivity index (χ2v) is 8.15. The average Bonchev–Trinajstić information content (AvgIpc) is 3.44. The van der Waals surface area contributed by atoms with E-state index in [1.165, 1.54) is 5.56 Å². The van der Waals surface area contributed by atoms with Crippen LogP contribution in [0, 0.1) is 0 Å². The van der Waals surface area contributed by atoms with Crippen LogP contribution in [0.2, 0.25) is 0 Å². The summed E-state index contributed by atoms with van der Waals surface area (Å²) >= 11 is 0. The molecule has 0 bridgehead atoms. The van der Waals surface area contributed by atoms with E-state index < -0.39 is 5.41 Å². The van der Waals surface area contributed by atoms with E-state index in [1.54, 1.807) is 16.9 Å². The van der Waals surface area contributed by atoms with Gasteiger partial charge < -0.3 is 15.5 Å². The summed E-state index contributed by atoms with van der Waals surface area (Å²) in [6, 6.07) is 5.81. The molecule has 0 atom stereocenters. The van der Waals surface area contributed by atoms with Crippen LogP contribution in [-0.2, 0) is 23.3 Å². The van der Waals surface area contributed by atoms with Gasteiger partial charge >= 0.3 is 0 Å². The monoisotopic (exact) mass is 401 g/mol. The predicted molar refractivity (Wildman–Crippen MR) is 111 cm³/mol. The Morgan fingerprint density at radius 3 is 3.00 bits per heavy atom. The molecule has 0 aliphatic carbocycles. The average molecular weight is 401 g/mol. The van der Waals surface area contributed by atoms with Crippen molar-refractivity contribution in [3.63, 3.8) is 0 Å². The number of carbonyl (C=O) groups is 1. The summed E-state index contributed by atoms with van der Waals surface area (Å²) in [5.41, 5.74) is 5.01. The van der Waals surface area contributed by atoms with Crippen LogP contribution in [0.1, 0.15) is 30.7 Å². The predicted octanol–water partition coefficient (Wildman–Crippen LogP) is 2.34. The first-order valence-corrected chi connectivity index (χ1v) is 9.69. The third-order valence-corrected chi connectivity index (χ3v) is 5.82. The Labute approximate surface area is 171 Å². The Bertz CT molecular complexity index is 1300. The fraction of sp³-hybridized carbons (Fsp3) is 0.250. The zero-order chi connectivity index (χ0) is 20.5. The molecule has 0 radical (unpaired) electrons. The molecule has 2 aliphatic rings. The maximum Gasteiger partial charge on any atom is 0.247 e. The smallest absolute Gasteiger partial charge is 0.247 e. The third-order valence-electron chi connectivity index (χ3n) is 5.82. The second-order valence-electron chi connectivity index (χ2n) is 8.15. The van der Waals surface area contributed by atoms with Gasteiger partial charge in [-0.15, -0.1) is 5.10 Å². The van der Waals surface area contributed by atoms with Crippen molar-refractivity contribution >= 4 is 34.7 Å². The van der Waals surface area contributed by atoms with Crippen LogP contribution in [0.3, 0.4) is 0 Å². The molecule has 5 heterocycles. The van der Waals surface area contributed by atoms with E-state index >= 15 is 0 Å². The molecule has 10 nitrogen and oxygen atoms in total. The SMILES string of the molecule is CC1(C)C(=O)Nc2cc(Nc3nc4c(N5Cc6cn[nH]c6C5)nccn4n3)ccc21. The first kappa shape index (κ1) is 17.0. The molecular formula is C20H19N9O. The Kier molecular flexibility index (Phi) is 3.27. The lowest BCUT2D eigenvalue weighted by atomic mass is 9.86. The maximum atomic E-state index is 12.2. The summed E-state index contributed by atoms with van der Waals surface area (Å²) in [6.45, 7) is 5.28. The number of rotatable bonds is 3. The van der Waals surface area contributed by atoms with E-state index in [1.807, 2.05) is 38.2 Å². The molecule has 6 rings (SSSR count). The fourth-order valence-corrected chi connectivity index (χ4v) is 4.09. The molecular weight excluding hydrogens is 382 g/mol. The molecule has 150 valence electrons. The summed E-state index contributed by atoms with van der Waals surface area (Å²) < 4.78 is 1.72. The van der Waals surface area contributed by atoms with Crippen molar-refractivity contribution in [3.8, 4) is 0 Å². The van der Waals surface area contributed by atoms with E-state index in [0.29, 0.717) is 18.1 Å². The van der Waals surface area contributed by atoms with E-state index in [4.69, 9.17) is 0 Å². The zero-order valence-electron chi connectivity index (χ0n) is 16.5. The second kappa shape index (κ2) is 5.78. The van der Waals surface area contributed by atoms with Gasteiger partial charge in [0.1, 0.15) is 0 Å². The molecule has 1 aromatic carbocycles. The number of fused-ring (bicyclic) bond motifs is 3. The number of aromatic amines is 1. The normalized spacial score (nSPS) is 16.6. The van der Waals surface area contributed by atoms with Crippen molar-refractivity contribution < 1.29 is 4.79 Å². The van der Waals surface area contributed by atoms with Gasteiger partial charge in [-0.05, 0) is 31.5 Å². The molecule has 0 saturated carbocycles. The van der Waals surface area contributed by atoms with Gasteiger partial charge in [-0.3, -0.25) is 9.89 Å². The standard InChI is InChI=1S/C20H19N9O/c1-20(2)13-4-3-12(7-14(13)24-18(20)30)23-19-25-17-16(21-5-6-29(17)27-19)28-9-11-8-22-26-15(11)10-28/h3-8H,9-10H2,1-2H3,(H,22,26)(H,23,27)(H,24,30). The number of hydrogen-bond acceptors (Lipinski definition) is 7. The van der Waals surface area contributed by atoms with Gasteiger partial charge in [0.05, 0.1) is 23.9 Å². The summed E-state index contributed by atoms with van der Waals surface area (Å²) in [6.07, 6.45) is 5.35. The van der Waals surface area contributed by atoms with Gasteiger partial charge in [0.15, 0.2) is 11.5 Å². The van der Waals surface area contributed by atoms with Crippen molar-refractivity contribution in [1.82, 2.24) is 29.8 Å². The number of H-pyrrole nitrogens is 1. The molecule has 3 aromatic heterocycles. The maximum absolute atomic E-state index is 12.2. The van der Waals surface area contributed by atoms with Crippen molar-refractivity contribution in [2.45, 2.75) is 32.4 Å². The minimum Gasteiger partial charge on any atom is -0.343 e. The third kappa shape index (κ3) is 2.39. The summed E-state index contributed by atoms with van der Waals surface area (Å²) in [5, 5.41) is 17.8. The van der Waals surface area contributed by atoms with Crippen LogP contribution in [-0.4, -0.2) is 35.7 Å². The van der Waals surface area contributed by atoms with Gasteiger partial charge in [0.25, 0.3) is 0 Å². The number of carbonyl (C=O) groups excluding carboxylic acids is 1. The molecule has 0 unspecified atom stereocenters. The lowest BCUT2D eigenvalue weighted by molar-refractivity contribution is -0.119. The molecule has 3 N–H and O–H groups in total. The summed E-state index contributed by atoms with van der Waals surface area (Å²) in [5.74, 6) is 1.24. The minimum absolute atomic E-state index is 0.00174. The molecule has 0 spiro atoms. The molecule has 10 heteroatoms. The molecule has 0 saturated heterocycles. The van der Waals surface area contributed by atoms with Crippen LogP contribution in [0.4, 0.5) is 23.1 Å². The van der Waals surface area contributed by atoms with Gasteiger partial charge in [-0.1, -0.05) is 6.07 Å². The topological polar surface area (TPSA) is 116 Å². The number of hydrogen-bond donors (Lipinski definition) is 3. The van der Waals surface area contributed by atoms with Crippen LogP contribution in [0.15, 0.2) is 36.8 Å². The van der Waals surface area contributed by atoms with Gasteiger partial charge in [0, 0.05) is 35.9 Å². The van der Waals surface area contributed by atoms with Gasteiger partial charge in [-0.2, -0.15) is 10.1 Å². The summed E-state index contributed by atoms with van der Waals surface area (Å²) in [4.78, 5) is 23.5. The Hall–Kier alpha value is -3.95. The van der Waals surface area contributed by atoms with Crippen LogP contribution >= 0.6 is 0 Å². The van der Waals surface area contributed by atoms with E-state index in [9.17, 15) is 4.79 Å². The first-order chi connectivity index (χ1) is 14.5. The number of amides is 1. The molecule has 0 fully saturated rings. The van der Waals surface area contributed by atoms with Crippen molar-refractivity contribution in [3.05, 3.63) is 53.6 Å².